The number of aromatic nitrogens is 1. The number of nitrogens with zero attached hydrogens (tertiary/aromatic N) is 2. The highest BCUT2D eigenvalue weighted by atomic mass is 79.9. The van der Waals surface area contributed by atoms with E-state index in [1.807, 2.05) is 6.07 Å². The lowest BCUT2D eigenvalue weighted by Crippen LogP contribution is -2.46. The quantitative estimate of drug-likeness (QED) is 0.788. The van der Waals surface area contributed by atoms with Gasteiger partial charge in [0.2, 0.25) is 0 Å². The summed E-state index contributed by atoms with van der Waals surface area (Å²) >= 11 is 9.51. The second kappa shape index (κ2) is 4.60. The first-order valence-corrected chi connectivity index (χ1v) is 6.16. The van der Waals surface area contributed by atoms with Gasteiger partial charge in [-0.15, -0.1) is 0 Å². The molecule has 0 saturated carbocycles. The fraction of sp³-hybridized carbons (Fsp3) is 0.500. The maximum Gasteiger partial charge on any atom is 0.0634 e. The van der Waals surface area contributed by atoms with E-state index in [0.29, 0.717) is 0 Å². The van der Waals surface area contributed by atoms with Gasteiger partial charge in [-0.25, -0.2) is 0 Å². The van der Waals surface area contributed by atoms with Crippen LogP contribution in [0.5, 0.6) is 0 Å². The van der Waals surface area contributed by atoms with Gasteiger partial charge in [-0.1, -0.05) is 27.5 Å². The summed E-state index contributed by atoms with van der Waals surface area (Å²) in [7, 11) is 0. The highest BCUT2D eigenvalue weighted by Crippen LogP contribution is 2.22. The molecular formula is C10H12BrClN2. The summed E-state index contributed by atoms with van der Waals surface area (Å²) in [5, 5.41) is 1.88. The summed E-state index contributed by atoms with van der Waals surface area (Å²) in [5.41, 5.74) is 1.18. The van der Waals surface area contributed by atoms with Gasteiger partial charge >= 0.3 is 0 Å². The second-order valence-corrected chi connectivity index (χ2v) is 4.74. The number of likely N-dealkylation sites (tertiary alicyclic amines) is 1. The molecule has 1 saturated heterocycles. The monoisotopic (exact) mass is 274 g/mol. The minimum Gasteiger partial charge on any atom is -0.298 e. The van der Waals surface area contributed by atoms with Crippen LogP contribution in [0.15, 0.2) is 18.5 Å². The molecule has 0 N–H and O–H groups in total. The Morgan fingerprint density at radius 1 is 1.57 bits per heavy atom. The predicted octanol–water partition coefficient (Wildman–Crippen LogP) is 2.56. The molecule has 4 heteroatoms. The predicted molar refractivity (Wildman–Crippen MR) is 61.8 cm³/mol. The van der Waals surface area contributed by atoms with Crippen LogP contribution in [0.1, 0.15) is 5.56 Å². The average Bonchev–Trinajstić information content (AvgIpc) is 2.13. The van der Waals surface area contributed by atoms with Crippen LogP contribution in [0.4, 0.5) is 0 Å². The molecule has 0 aromatic carbocycles. The van der Waals surface area contributed by atoms with E-state index >= 15 is 0 Å². The van der Waals surface area contributed by atoms with E-state index in [9.17, 15) is 0 Å². The van der Waals surface area contributed by atoms with Crippen LogP contribution < -0.4 is 0 Å². The van der Waals surface area contributed by atoms with Gasteiger partial charge in [0.1, 0.15) is 0 Å². The Morgan fingerprint density at radius 3 is 3.00 bits per heavy atom. The third kappa shape index (κ3) is 2.27. The Hall–Kier alpha value is -0.120. The summed E-state index contributed by atoms with van der Waals surface area (Å²) in [6.07, 6.45) is 3.50. The molecule has 1 aromatic heterocycles. The van der Waals surface area contributed by atoms with Crippen molar-refractivity contribution in [1.82, 2.24) is 9.88 Å². The van der Waals surface area contributed by atoms with Crippen LogP contribution in [0.2, 0.25) is 5.02 Å². The molecule has 0 atom stereocenters. The van der Waals surface area contributed by atoms with E-state index in [-0.39, 0.29) is 0 Å². The van der Waals surface area contributed by atoms with Gasteiger partial charge in [-0.2, -0.15) is 0 Å². The lowest BCUT2D eigenvalue weighted by Gasteiger charge is -2.38. The molecule has 1 aromatic rings. The molecule has 1 aliphatic rings. The molecule has 2 nitrogen and oxygen atoms in total. The van der Waals surface area contributed by atoms with Crippen LogP contribution in [-0.2, 0) is 6.54 Å². The van der Waals surface area contributed by atoms with E-state index in [2.05, 4.69) is 25.8 Å². The zero-order valence-corrected chi connectivity index (χ0v) is 10.1. The summed E-state index contributed by atoms with van der Waals surface area (Å²) in [6, 6.07) is 1.99. The molecule has 2 rings (SSSR count). The Kier molecular flexibility index (Phi) is 3.42. The molecule has 1 fully saturated rings. The van der Waals surface area contributed by atoms with Crippen LogP contribution in [0, 0.1) is 5.92 Å². The first-order chi connectivity index (χ1) is 6.79. The fourth-order valence-electron chi connectivity index (χ4n) is 1.68. The Labute approximate surface area is 97.4 Å². The van der Waals surface area contributed by atoms with Gasteiger partial charge < -0.3 is 0 Å². The molecule has 0 bridgehead atoms. The zero-order valence-electron chi connectivity index (χ0n) is 7.79. The lowest BCUT2D eigenvalue weighted by atomic mass is 10.0. The first-order valence-electron chi connectivity index (χ1n) is 4.66. The minimum atomic E-state index is 0.773. The van der Waals surface area contributed by atoms with Crippen molar-refractivity contribution in [3.63, 3.8) is 0 Å². The van der Waals surface area contributed by atoms with Crippen molar-refractivity contribution in [2.75, 3.05) is 18.4 Å². The smallest absolute Gasteiger partial charge is 0.0634 e. The number of alkyl halides is 1. The molecule has 0 aliphatic carbocycles. The minimum absolute atomic E-state index is 0.773. The molecule has 1 aliphatic heterocycles. The first kappa shape index (κ1) is 10.4. The zero-order chi connectivity index (χ0) is 9.97. The van der Waals surface area contributed by atoms with Gasteiger partial charge in [0.15, 0.2) is 0 Å². The number of pyridine rings is 1. The van der Waals surface area contributed by atoms with Gasteiger partial charge in [0.05, 0.1) is 5.02 Å². The van der Waals surface area contributed by atoms with E-state index < -0.39 is 0 Å². The van der Waals surface area contributed by atoms with Crippen molar-refractivity contribution in [3.8, 4) is 0 Å². The summed E-state index contributed by atoms with van der Waals surface area (Å²) in [5.74, 6) is 0.815. The second-order valence-electron chi connectivity index (χ2n) is 3.68. The van der Waals surface area contributed by atoms with E-state index in [1.54, 1.807) is 12.4 Å². The maximum absolute atomic E-state index is 6.02. The van der Waals surface area contributed by atoms with E-state index in [0.717, 1.165) is 22.8 Å². The largest absolute Gasteiger partial charge is 0.298 e. The van der Waals surface area contributed by atoms with Crippen molar-refractivity contribution in [3.05, 3.63) is 29.0 Å². The van der Waals surface area contributed by atoms with Crippen LogP contribution >= 0.6 is 27.5 Å². The number of hydrogen-bond acceptors (Lipinski definition) is 2. The summed E-state index contributed by atoms with van der Waals surface area (Å²) in [6.45, 7) is 3.29. The van der Waals surface area contributed by atoms with Crippen LogP contribution in [0.25, 0.3) is 0 Å². The highest BCUT2D eigenvalue weighted by molar-refractivity contribution is 9.09. The van der Waals surface area contributed by atoms with Crippen LogP contribution in [0.3, 0.4) is 0 Å². The van der Waals surface area contributed by atoms with Crippen molar-refractivity contribution in [1.29, 1.82) is 0 Å². The van der Waals surface area contributed by atoms with Gasteiger partial charge in [0.25, 0.3) is 0 Å². The van der Waals surface area contributed by atoms with Gasteiger partial charge in [-0.3, -0.25) is 9.88 Å². The normalized spacial score (nSPS) is 18.1. The number of rotatable bonds is 3. The molecule has 0 amide bonds. The topological polar surface area (TPSA) is 16.1 Å². The molecular weight excluding hydrogens is 263 g/mol. The Bertz CT molecular complexity index is 313. The highest BCUT2D eigenvalue weighted by Gasteiger charge is 2.25. The summed E-state index contributed by atoms with van der Waals surface area (Å²) in [4.78, 5) is 6.37. The van der Waals surface area contributed by atoms with Gasteiger partial charge in [0, 0.05) is 37.4 Å². The molecule has 14 heavy (non-hydrogen) atoms. The SMILES string of the molecule is Clc1cnccc1CN1CC(CBr)C1. The van der Waals surface area contributed by atoms with E-state index in [1.165, 1.54) is 18.7 Å². The molecule has 2 heterocycles. The van der Waals surface area contributed by atoms with Crippen molar-refractivity contribution < 1.29 is 0 Å². The van der Waals surface area contributed by atoms with Crippen LogP contribution in [-0.4, -0.2) is 28.3 Å². The summed E-state index contributed by atoms with van der Waals surface area (Å²) < 4.78 is 0. The standard InChI is InChI=1S/C10H12BrClN2/c11-3-8-5-14(6-8)7-9-1-2-13-4-10(9)12/h1-2,4,8H,3,5-7H2. The van der Waals surface area contributed by atoms with Gasteiger partial charge in [-0.05, 0) is 17.5 Å². The van der Waals surface area contributed by atoms with Crippen molar-refractivity contribution >= 4 is 27.5 Å². The average molecular weight is 276 g/mol. The van der Waals surface area contributed by atoms with Crippen molar-refractivity contribution in [2.24, 2.45) is 5.92 Å². The molecule has 0 radical (unpaired) electrons. The Balaban J connectivity index is 1.90. The fourth-order valence-corrected chi connectivity index (χ4v) is 2.27. The molecule has 0 unspecified atom stereocenters. The maximum atomic E-state index is 6.02. The van der Waals surface area contributed by atoms with Crippen molar-refractivity contribution in [2.45, 2.75) is 6.54 Å². The Morgan fingerprint density at radius 2 is 2.36 bits per heavy atom. The molecule has 76 valence electrons. The lowest BCUT2D eigenvalue weighted by molar-refractivity contribution is 0.108. The third-order valence-electron chi connectivity index (χ3n) is 2.50. The molecule has 0 spiro atoms. The number of halogens is 2. The van der Waals surface area contributed by atoms with E-state index in [4.69, 9.17) is 11.6 Å². The number of hydrogen-bond donors (Lipinski definition) is 0. The third-order valence-corrected chi connectivity index (χ3v) is 3.76.